The average molecular weight is 309 g/mol. The van der Waals surface area contributed by atoms with Gasteiger partial charge in [-0.1, -0.05) is 33.1 Å². The Morgan fingerprint density at radius 2 is 1.55 bits per heavy atom. The van der Waals surface area contributed by atoms with Crippen LogP contribution in [0, 0.1) is 11.8 Å². The molecule has 1 saturated carbocycles. The second-order valence-electron chi connectivity index (χ2n) is 7.18. The number of carbonyl (C=O) groups excluding carboxylic acids is 2. The average Bonchev–Trinajstić information content (AvgIpc) is 2.54. The first-order valence-electron chi connectivity index (χ1n) is 8.81. The Bertz CT molecular complexity index is 383. The maximum Gasteiger partial charge on any atom is 0.239 e. The quantitative estimate of drug-likeness (QED) is 0.858. The number of nitrogens with two attached hydrogens (primary N) is 1. The Kier molecular flexibility index (Phi) is 6.24. The van der Waals surface area contributed by atoms with Crippen LogP contribution in [0.1, 0.15) is 52.4 Å². The highest BCUT2D eigenvalue weighted by Gasteiger charge is 2.29. The number of rotatable bonds is 4. The molecule has 0 spiro atoms. The van der Waals surface area contributed by atoms with Gasteiger partial charge in [-0.05, 0) is 24.7 Å². The molecule has 5 heteroatoms. The fraction of sp³-hybridized carbons (Fsp3) is 0.882. The lowest BCUT2D eigenvalue weighted by atomic mass is 9.86. The van der Waals surface area contributed by atoms with E-state index in [1.54, 1.807) is 0 Å². The Labute approximate surface area is 134 Å². The Hall–Kier alpha value is -1.10. The van der Waals surface area contributed by atoms with Crippen LogP contribution in [-0.4, -0.2) is 53.8 Å². The second kappa shape index (κ2) is 7.95. The first kappa shape index (κ1) is 17.3. The number of nitrogens with zero attached hydrogens (tertiary/aromatic N) is 2. The zero-order valence-electron chi connectivity index (χ0n) is 14.1. The van der Waals surface area contributed by atoms with Gasteiger partial charge in [0.25, 0.3) is 0 Å². The van der Waals surface area contributed by atoms with Crippen molar-refractivity contribution in [3.63, 3.8) is 0 Å². The Morgan fingerprint density at radius 1 is 1.00 bits per heavy atom. The minimum absolute atomic E-state index is 0.0226. The van der Waals surface area contributed by atoms with Gasteiger partial charge in [-0.2, -0.15) is 0 Å². The second-order valence-corrected chi connectivity index (χ2v) is 7.18. The van der Waals surface area contributed by atoms with Crippen LogP contribution < -0.4 is 5.73 Å². The van der Waals surface area contributed by atoms with Gasteiger partial charge in [0.15, 0.2) is 0 Å². The summed E-state index contributed by atoms with van der Waals surface area (Å²) in [6.07, 6.45) is 6.96. The minimum Gasteiger partial charge on any atom is -0.339 e. The van der Waals surface area contributed by atoms with Crippen molar-refractivity contribution >= 4 is 11.8 Å². The van der Waals surface area contributed by atoms with Crippen molar-refractivity contribution in [2.75, 3.05) is 26.2 Å². The van der Waals surface area contributed by atoms with Gasteiger partial charge < -0.3 is 15.5 Å². The summed E-state index contributed by atoms with van der Waals surface area (Å²) in [5.41, 5.74) is 5.94. The smallest absolute Gasteiger partial charge is 0.239 e. The maximum atomic E-state index is 12.4. The molecule has 1 aliphatic heterocycles. The van der Waals surface area contributed by atoms with Crippen molar-refractivity contribution < 1.29 is 9.59 Å². The highest BCUT2D eigenvalue weighted by atomic mass is 16.2. The molecule has 0 radical (unpaired) electrons. The van der Waals surface area contributed by atoms with E-state index >= 15 is 0 Å². The summed E-state index contributed by atoms with van der Waals surface area (Å²) in [6, 6.07) is -0.426. The third-order valence-corrected chi connectivity index (χ3v) is 5.14. The van der Waals surface area contributed by atoms with E-state index in [2.05, 4.69) is 0 Å². The summed E-state index contributed by atoms with van der Waals surface area (Å²) < 4.78 is 0. The van der Waals surface area contributed by atoms with E-state index in [-0.39, 0.29) is 17.7 Å². The first-order valence-corrected chi connectivity index (χ1v) is 8.81. The molecule has 1 heterocycles. The summed E-state index contributed by atoms with van der Waals surface area (Å²) in [5, 5.41) is 0. The van der Waals surface area contributed by atoms with Crippen LogP contribution in [0.3, 0.4) is 0 Å². The summed E-state index contributed by atoms with van der Waals surface area (Å²) in [7, 11) is 0. The molecule has 2 aliphatic rings. The molecule has 0 aromatic rings. The van der Waals surface area contributed by atoms with Crippen LogP contribution in [-0.2, 0) is 9.59 Å². The van der Waals surface area contributed by atoms with Crippen LogP contribution in [0.25, 0.3) is 0 Å². The lowest BCUT2D eigenvalue weighted by Gasteiger charge is -2.37. The SMILES string of the molecule is CC(C)[C@H](N)C(=O)N1CCN(C(=O)CC2CCCCC2)CC1. The molecule has 2 amide bonds. The standard InChI is InChI=1S/C17H31N3O2/c1-13(2)16(18)17(22)20-10-8-19(9-11-20)15(21)12-14-6-4-3-5-7-14/h13-14,16H,3-12,18H2,1-2H3/t16-/m0/s1. The van der Waals surface area contributed by atoms with Crippen LogP contribution in [0.2, 0.25) is 0 Å². The van der Waals surface area contributed by atoms with Crippen molar-refractivity contribution in [1.29, 1.82) is 0 Å². The topological polar surface area (TPSA) is 66.6 Å². The fourth-order valence-corrected chi connectivity index (χ4v) is 3.44. The van der Waals surface area contributed by atoms with Gasteiger partial charge >= 0.3 is 0 Å². The molecular formula is C17H31N3O2. The normalized spacial score (nSPS) is 22.0. The molecule has 2 fully saturated rings. The van der Waals surface area contributed by atoms with E-state index in [1.807, 2.05) is 23.6 Å². The molecule has 0 aromatic carbocycles. The van der Waals surface area contributed by atoms with E-state index in [0.29, 0.717) is 38.5 Å². The molecule has 0 aromatic heterocycles. The summed E-state index contributed by atoms with van der Waals surface area (Å²) in [4.78, 5) is 28.4. The summed E-state index contributed by atoms with van der Waals surface area (Å²) in [5.74, 6) is 1.02. The molecule has 0 bridgehead atoms. The van der Waals surface area contributed by atoms with Crippen molar-refractivity contribution in [2.45, 2.75) is 58.4 Å². The number of hydrogen-bond donors (Lipinski definition) is 1. The Morgan fingerprint density at radius 3 is 2.09 bits per heavy atom. The van der Waals surface area contributed by atoms with Gasteiger partial charge in [0.05, 0.1) is 6.04 Å². The number of carbonyl (C=O) groups is 2. The van der Waals surface area contributed by atoms with Crippen molar-refractivity contribution in [1.82, 2.24) is 9.80 Å². The number of piperazine rings is 1. The van der Waals surface area contributed by atoms with E-state index in [1.165, 1.54) is 32.1 Å². The monoisotopic (exact) mass is 309 g/mol. The summed E-state index contributed by atoms with van der Waals surface area (Å²) >= 11 is 0. The van der Waals surface area contributed by atoms with Crippen LogP contribution in [0.4, 0.5) is 0 Å². The van der Waals surface area contributed by atoms with Crippen molar-refractivity contribution in [3.05, 3.63) is 0 Å². The predicted molar refractivity (Wildman–Crippen MR) is 87.2 cm³/mol. The maximum absolute atomic E-state index is 12.4. The van der Waals surface area contributed by atoms with Gasteiger partial charge in [0.1, 0.15) is 0 Å². The third-order valence-electron chi connectivity index (χ3n) is 5.14. The molecule has 2 rings (SSSR count). The van der Waals surface area contributed by atoms with E-state index < -0.39 is 6.04 Å². The lowest BCUT2D eigenvalue weighted by molar-refractivity contribution is -0.141. The molecule has 1 saturated heterocycles. The van der Waals surface area contributed by atoms with Gasteiger partial charge in [-0.15, -0.1) is 0 Å². The number of amides is 2. The first-order chi connectivity index (χ1) is 10.5. The van der Waals surface area contributed by atoms with E-state index in [9.17, 15) is 9.59 Å². The minimum atomic E-state index is -0.426. The molecule has 2 N–H and O–H groups in total. The highest BCUT2D eigenvalue weighted by molar-refractivity contribution is 5.82. The number of hydrogen-bond acceptors (Lipinski definition) is 3. The molecule has 22 heavy (non-hydrogen) atoms. The van der Waals surface area contributed by atoms with Crippen LogP contribution in [0.15, 0.2) is 0 Å². The van der Waals surface area contributed by atoms with E-state index in [4.69, 9.17) is 5.73 Å². The molecular weight excluding hydrogens is 278 g/mol. The van der Waals surface area contributed by atoms with Crippen LogP contribution in [0.5, 0.6) is 0 Å². The van der Waals surface area contributed by atoms with Gasteiger partial charge in [-0.3, -0.25) is 9.59 Å². The Balaban J connectivity index is 1.76. The predicted octanol–water partition coefficient (Wildman–Crippen LogP) is 1.61. The lowest BCUT2D eigenvalue weighted by Crippen LogP contribution is -2.55. The molecule has 0 unspecified atom stereocenters. The zero-order chi connectivity index (χ0) is 16.1. The summed E-state index contributed by atoms with van der Waals surface area (Å²) in [6.45, 7) is 6.48. The molecule has 1 atom stereocenters. The van der Waals surface area contributed by atoms with Gasteiger partial charge in [0, 0.05) is 32.6 Å². The van der Waals surface area contributed by atoms with Crippen LogP contribution >= 0.6 is 0 Å². The largest absolute Gasteiger partial charge is 0.339 e. The molecule has 5 nitrogen and oxygen atoms in total. The molecule has 126 valence electrons. The van der Waals surface area contributed by atoms with Gasteiger partial charge in [-0.25, -0.2) is 0 Å². The van der Waals surface area contributed by atoms with E-state index in [0.717, 1.165) is 0 Å². The highest BCUT2D eigenvalue weighted by Crippen LogP contribution is 2.27. The van der Waals surface area contributed by atoms with Crippen molar-refractivity contribution in [3.8, 4) is 0 Å². The van der Waals surface area contributed by atoms with Crippen molar-refractivity contribution in [2.24, 2.45) is 17.6 Å². The fourth-order valence-electron chi connectivity index (χ4n) is 3.44. The zero-order valence-corrected chi connectivity index (χ0v) is 14.1. The molecule has 1 aliphatic carbocycles. The third kappa shape index (κ3) is 4.45. The van der Waals surface area contributed by atoms with Gasteiger partial charge in [0.2, 0.25) is 11.8 Å².